The SMILES string of the molecule is CN(Cc1ccccc1)Sc1cccc(CN(Cc2ncc[nH]2)C2CCCC3=C2NCC=C3)c1. The first-order valence-corrected chi connectivity index (χ1v) is 12.9. The van der Waals surface area contributed by atoms with Crippen LogP contribution in [-0.2, 0) is 19.6 Å². The summed E-state index contributed by atoms with van der Waals surface area (Å²) in [5.74, 6) is 1.02. The number of nitrogens with one attached hydrogen (secondary N) is 2. The van der Waals surface area contributed by atoms with Crippen molar-refractivity contribution in [3.05, 3.63) is 107 Å². The molecular weight excluding hydrogens is 438 g/mol. The van der Waals surface area contributed by atoms with E-state index in [1.54, 1.807) is 11.9 Å². The molecule has 3 aromatic rings. The smallest absolute Gasteiger partial charge is 0.120 e. The van der Waals surface area contributed by atoms with Crippen LogP contribution in [0.25, 0.3) is 0 Å². The summed E-state index contributed by atoms with van der Waals surface area (Å²) >= 11 is 1.80. The molecule has 2 N–H and O–H groups in total. The Balaban J connectivity index is 1.32. The third-order valence-electron chi connectivity index (χ3n) is 6.47. The third-order valence-corrected chi connectivity index (χ3v) is 7.38. The van der Waals surface area contributed by atoms with Gasteiger partial charge in [0.1, 0.15) is 5.82 Å². The number of rotatable bonds is 9. The molecule has 2 aromatic carbocycles. The topological polar surface area (TPSA) is 47.2 Å². The van der Waals surface area contributed by atoms with Crippen LogP contribution in [-0.4, -0.2) is 38.8 Å². The Kier molecular flexibility index (Phi) is 7.49. The van der Waals surface area contributed by atoms with Crippen molar-refractivity contribution in [1.82, 2.24) is 24.5 Å². The highest BCUT2D eigenvalue weighted by Gasteiger charge is 2.29. The van der Waals surface area contributed by atoms with Gasteiger partial charge in [0.15, 0.2) is 0 Å². The van der Waals surface area contributed by atoms with E-state index in [4.69, 9.17) is 0 Å². The molecule has 0 bridgehead atoms. The highest BCUT2D eigenvalue weighted by molar-refractivity contribution is 7.97. The molecule has 1 aliphatic carbocycles. The van der Waals surface area contributed by atoms with Gasteiger partial charge < -0.3 is 10.3 Å². The lowest BCUT2D eigenvalue weighted by atomic mass is 9.89. The van der Waals surface area contributed by atoms with E-state index in [-0.39, 0.29) is 0 Å². The standard InChI is InChI=1S/C28H33N5S/c1-32(19-22-8-3-2-4-9-22)34-25-13-5-10-23(18-25)20-33(21-27-29-16-17-30-27)26-14-6-11-24-12-7-15-31-28(24)26/h2-5,7-10,12-13,16-18,26,31H,6,11,14-15,19-21H2,1H3,(H,29,30). The van der Waals surface area contributed by atoms with E-state index in [9.17, 15) is 0 Å². The Morgan fingerprint density at radius 3 is 2.76 bits per heavy atom. The van der Waals surface area contributed by atoms with Crippen molar-refractivity contribution < 1.29 is 0 Å². The summed E-state index contributed by atoms with van der Waals surface area (Å²) in [5.41, 5.74) is 5.55. The van der Waals surface area contributed by atoms with E-state index in [1.165, 1.54) is 46.6 Å². The average Bonchev–Trinajstić information content (AvgIpc) is 3.37. The van der Waals surface area contributed by atoms with Gasteiger partial charge in [-0.05, 0) is 67.1 Å². The molecule has 34 heavy (non-hydrogen) atoms. The zero-order valence-electron chi connectivity index (χ0n) is 19.8. The lowest BCUT2D eigenvalue weighted by Gasteiger charge is -2.38. The maximum atomic E-state index is 4.53. The second-order valence-electron chi connectivity index (χ2n) is 9.08. The van der Waals surface area contributed by atoms with Gasteiger partial charge in [-0.1, -0.05) is 54.6 Å². The van der Waals surface area contributed by atoms with Crippen LogP contribution in [0.2, 0.25) is 0 Å². The molecule has 0 fully saturated rings. The second-order valence-corrected chi connectivity index (χ2v) is 10.4. The van der Waals surface area contributed by atoms with Crippen molar-refractivity contribution in [3.63, 3.8) is 0 Å². The van der Waals surface area contributed by atoms with Crippen molar-refractivity contribution in [2.45, 2.75) is 49.8 Å². The van der Waals surface area contributed by atoms with Gasteiger partial charge in [0.25, 0.3) is 0 Å². The number of imidazole rings is 1. The molecule has 176 valence electrons. The molecule has 1 unspecified atom stereocenters. The number of benzene rings is 2. The fourth-order valence-electron chi connectivity index (χ4n) is 4.96. The molecule has 2 heterocycles. The minimum absolute atomic E-state index is 0.385. The van der Waals surface area contributed by atoms with Crippen LogP contribution in [0.5, 0.6) is 0 Å². The quantitative estimate of drug-likeness (QED) is 0.403. The van der Waals surface area contributed by atoms with Crippen molar-refractivity contribution in [2.24, 2.45) is 0 Å². The van der Waals surface area contributed by atoms with Crippen molar-refractivity contribution >= 4 is 11.9 Å². The number of H-pyrrole nitrogens is 1. The van der Waals surface area contributed by atoms with E-state index in [0.29, 0.717) is 6.04 Å². The summed E-state index contributed by atoms with van der Waals surface area (Å²) in [6, 6.07) is 20.0. The molecular formula is C28H33N5S. The molecule has 6 heteroatoms. The van der Waals surface area contributed by atoms with Crippen LogP contribution in [0.15, 0.2) is 95.3 Å². The van der Waals surface area contributed by atoms with E-state index >= 15 is 0 Å². The molecule has 1 aromatic heterocycles. The Morgan fingerprint density at radius 1 is 1.03 bits per heavy atom. The van der Waals surface area contributed by atoms with Crippen LogP contribution in [0.4, 0.5) is 0 Å². The summed E-state index contributed by atoms with van der Waals surface area (Å²) in [5, 5.41) is 3.69. The normalized spacial score (nSPS) is 17.8. The third kappa shape index (κ3) is 5.81. The summed E-state index contributed by atoms with van der Waals surface area (Å²) in [6.45, 7) is 3.54. The molecule has 2 aliphatic rings. The monoisotopic (exact) mass is 471 g/mol. The molecule has 1 atom stereocenters. The van der Waals surface area contributed by atoms with Crippen LogP contribution in [0, 0.1) is 0 Å². The molecule has 5 nitrogen and oxygen atoms in total. The summed E-state index contributed by atoms with van der Waals surface area (Å²) < 4.78 is 2.30. The number of nitrogens with zero attached hydrogens (tertiary/aromatic N) is 3. The molecule has 0 spiro atoms. The first-order valence-electron chi connectivity index (χ1n) is 12.1. The predicted octanol–water partition coefficient (Wildman–Crippen LogP) is 5.52. The minimum Gasteiger partial charge on any atom is -0.383 e. The zero-order valence-corrected chi connectivity index (χ0v) is 20.6. The van der Waals surface area contributed by atoms with Gasteiger partial charge in [0.2, 0.25) is 0 Å². The predicted molar refractivity (Wildman–Crippen MR) is 140 cm³/mol. The number of allylic oxidation sites excluding steroid dienone is 2. The summed E-state index contributed by atoms with van der Waals surface area (Å²) in [6.07, 6.45) is 11.9. The molecule has 0 saturated carbocycles. The van der Waals surface area contributed by atoms with Crippen molar-refractivity contribution in [3.8, 4) is 0 Å². The first kappa shape index (κ1) is 23.0. The van der Waals surface area contributed by atoms with Gasteiger partial charge in [-0.2, -0.15) is 0 Å². The minimum atomic E-state index is 0.385. The van der Waals surface area contributed by atoms with E-state index < -0.39 is 0 Å². The number of dihydropyridines is 1. The van der Waals surface area contributed by atoms with Crippen LogP contribution >= 0.6 is 11.9 Å². The largest absolute Gasteiger partial charge is 0.383 e. The number of aromatic amines is 1. The Hall–Kier alpha value is -2.80. The molecule has 0 saturated heterocycles. The van der Waals surface area contributed by atoms with Crippen LogP contribution in [0.3, 0.4) is 0 Å². The van der Waals surface area contributed by atoms with E-state index in [2.05, 4.69) is 98.3 Å². The second kappa shape index (κ2) is 11.1. The van der Waals surface area contributed by atoms with Crippen LogP contribution in [0.1, 0.15) is 36.2 Å². The lowest BCUT2D eigenvalue weighted by Crippen LogP contribution is -2.43. The number of hydrogen-bond donors (Lipinski definition) is 2. The van der Waals surface area contributed by atoms with Crippen molar-refractivity contribution in [1.29, 1.82) is 0 Å². The molecule has 0 amide bonds. The lowest BCUT2D eigenvalue weighted by molar-refractivity contribution is 0.175. The fourth-order valence-corrected chi connectivity index (χ4v) is 5.88. The van der Waals surface area contributed by atoms with Gasteiger partial charge in [-0.3, -0.25) is 4.90 Å². The van der Waals surface area contributed by atoms with Gasteiger partial charge >= 0.3 is 0 Å². The average molecular weight is 472 g/mol. The summed E-state index contributed by atoms with van der Waals surface area (Å²) in [7, 11) is 2.16. The highest BCUT2D eigenvalue weighted by Crippen LogP contribution is 2.32. The van der Waals surface area contributed by atoms with Gasteiger partial charge in [0, 0.05) is 42.6 Å². The molecule has 1 aliphatic heterocycles. The summed E-state index contributed by atoms with van der Waals surface area (Å²) in [4.78, 5) is 11.7. The van der Waals surface area contributed by atoms with Gasteiger partial charge in [-0.15, -0.1) is 0 Å². The highest BCUT2D eigenvalue weighted by atomic mass is 32.2. The Morgan fingerprint density at radius 2 is 1.91 bits per heavy atom. The Bertz CT molecular complexity index is 1120. The number of hydrogen-bond acceptors (Lipinski definition) is 5. The van der Waals surface area contributed by atoms with Crippen LogP contribution < -0.4 is 5.32 Å². The van der Waals surface area contributed by atoms with Gasteiger partial charge in [0.05, 0.1) is 12.6 Å². The Labute approximate surface area is 207 Å². The first-order chi connectivity index (χ1) is 16.7. The molecule has 5 rings (SSSR count). The number of aromatic nitrogens is 2. The zero-order chi connectivity index (χ0) is 23.2. The van der Waals surface area contributed by atoms with E-state index in [1.807, 2.05) is 12.4 Å². The van der Waals surface area contributed by atoms with Gasteiger partial charge in [-0.25, -0.2) is 9.29 Å². The molecule has 0 radical (unpaired) electrons. The van der Waals surface area contributed by atoms with E-state index in [0.717, 1.165) is 32.0 Å². The van der Waals surface area contributed by atoms with Crippen molar-refractivity contribution in [2.75, 3.05) is 13.6 Å². The fraction of sp³-hybridized carbons (Fsp3) is 0.321. The maximum Gasteiger partial charge on any atom is 0.120 e. The maximum absolute atomic E-state index is 4.53.